The van der Waals surface area contributed by atoms with Crippen LogP contribution in [0.2, 0.25) is 0 Å². The molecule has 0 amide bonds. The van der Waals surface area contributed by atoms with Crippen molar-refractivity contribution in [1.29, 1.82) is 0 Å². The van der Waals surface area contributed by atoms with E-state index in [4.69, 9.17) is 4.74 Å². The molecule has 0 aliphatic heterocycles. The quantitative estimate of drug-likeness (QED) is 0.561. The number of thioether (sulfide) groups is 1. The van der Waals surface area contributed by atoms with E-state index in [1.54, 1.807) is 24.2 Å². The SMILES string of the molecule is CCCNC(C)(CCSc1ccncc1)C(=O)OCC. The number of esters is 1. The van der Waals surface area contributed by atoms with Crippen LogP contribution in [0, 0.1) is 0 Å². The fourth-order valence-corrected chi connectivity index (χ4v) is 2.82. The van der Waals surface area contributed by atoms with Crippen molar-refractivity contribution in [2.75, 3.05) is 18.9 Å². The van der Waals surface area contributed by atoms with Crippen LogP contribution in [0.25, 0.3) is 0 Å². The van der Waals surface area contributed by atoms with Crippen LogP contribution < -0.4 is 5.32 Å². The zero-order valence-corrected chi connectivity index (χ0v) is 13.3. The summed E-state index contributed by atoms with van der Waals surface area (Å²) in [4.78, 5) is 17.3. The van der Waals surface area contributed by atoms with Crippen molar-refractivity contribution in [3.05, 3.63) is 24.5 Å². The summed E-state index contributed by atoms with van der Waals surface area (Å²) in [5, 5.41) is 3.32. The fraction of sp³-hybridized carbons (Fsp3) is 0.600. The van der Waals surface area contributed by atoms with Crippen LogP contribution in [-0.4, -0.2) is 35.4 Å². The second-order valence-electron chi connectivity index (χ2n) is 4.76. The van der Waals surface area contributed by atoms with Gasteiger partial charge in [-0.1, -0.05) is 6.92 Å². The van der Waals surface area contributed by atoms with Gasteiger partial charge in [-0.15, -0.1) is 11.8 Å². The van der Waals surface area contributed by atoms with E-state index < -0.39 is 5.54 Å². The van der Waals surface area contributed by atoms with Crippen LogP contribution in [0.3, 0.4) is 0 Å². The number of carbonyl (C=O) groups excluding carboxylic acids is 1. The van der Waals surface area contributed by atoms with Gasteiger partial charge in [0.1, 0.15) is 5.54 Å². The molecule has 1 rings (SSSR count). The summed E-state index contributed by atoms with van der Waals surface area (Å²) >= 11 is 1.73. The van der Waals surface area contributed by atoms with Crippen LogP contribution in [0.15, 0.2) is 29.4 Å². The van der Waals surface area contributed by atoms with Crippen LogP contribution in [-0.2, 0) is 9.53 Å². The van der Waals surface area contributed by atoms with Crippen molar-refractivity contribution in [3.8, 4) is 0 Å². The second kappa shape index (κ2) is 8.97. The monoisotopic (exact) mass is 296 g/mol. The summed E-state index contributed by atoms with van der Waals surface area (Å²) in [6.07, 6.45) is 5.29. The number of ether oxygens (including phenoxy) is 1. The zero-order chi connectivity index (χ0) is 14.8. The van der Waals surface area contributed by atoms with Crippen molar-refractivity contribution in [3.63, 3.8) is 0 Å². The molecule has 0 saturated heterocycles. The topological polar surface area (TPSA) is 51.2 Å². The second-order valence-corrected chi connectivity index (χ2v) is 5.93. The molecule has 1 unspecified atom stereocenters. The van der Waals surface area contributed by atoms with Crippen LogP contribution in [0.5, 0.6) is 0 Å². The number of hydrogen-bond acceptors (Lipinski definition) is 5. The normalized spacial score (nSPS) is 13.8. The Morgan fingerprint density at radius 3 is 2.70 bits per heavy atom. The Labute approximate surface area is 125 Å². The number of hydrogen-bond donors (Lipinski definition) is 1. The highest BCUT2D eigenvalue weighted by Gasteiger charge is 2.33. The van der Waals surface area contributed by atoms with E-state index in [-0.39, 0.29) is 5.97 Å². The minimum atomic E-state index is -0.605. The Hall–Kier alpha value is -1.07. The molecule has 5 heteroatoms. The summed E-state index contributed by atoms with van der Waals surface area (Å²) in [7, 11) is 0. The van der Waals surface area contributed by atoms with E-state index >= 15 is 0 Å². The van der Waals surface area contributed by atoms with Gasteiger partial charge in [0.2, 0.25) is 0 Å². The molecule has 0 aromatic carbocycles. The van der Waals surface area contributed by atoms with Gasteiger partial charge in [0.25, 0.3) is 0 Å². The average molecular weight is 296 g/mol. The molecule has 112 valence electrons. The van der Waals surface area contributed by atoms with E-state index in [0.29, 0.717) is 6.61 Å². The average Bonchev–Trinajstić information content (AvgIpc) is 2.46. The van der Waals surface area contributed by atoms with Gasteiger partial charge < -0.3 is 10.1 Å². The highest BCUT2D eigenvalue weighted by Crippen LogP contribution is 2.22. The fourth-order valence-electron chi connectivity index (χ4n) is 1.76. The molecule has 0 radical (unpaired) electrons. The molecule has 0 saturated carbocycles. The zero-order valence-electron chi connectivity index (χ0n) is 12.5. The van der Waals surface area contributed by atoms with Gasteiger partial charge in [-0.05, 0) is 45.4 Å². The number of pyridine rings is 1. The van der Waals surface area contributed by atoms with E-state index in [1.807, 2.05) is 26.0 Å². The number of carbonyl (C=O) groups is 1. The molecular formula is C15H24N2O2S. The lowest BCUT2D eigenvalue weighted by Gasteiger charge is -2.28. The molecule has 0 fully saturated rings. The van der Waals surface area contributed by atoms with Gasteiger partial charge in [-0.25, -0.2) is 0 Å². The summed E-state index contributed by atoms with van der Waals surface area (Å²) in [5.74, 6) is 0.694. The number of aromatic nitrogens is 1. The largest absolute Gasteiger partial charge is 0.465 e. The smallest absolute Gasteiger partial charge is 0.326 e. The standard InChI is InChI=1S/C15H24N2O2S/c1-4-9-17-15(3,14(18)19-5-2)8-12-20-13-6-10-16-11-7-13/h6-7,10-11,17H,4-5,8-9,12H2,1-3H3. The minimum absolute atomic E-state index is 0.163. The minimum Gasteiger partial charge on any atom is -0.465 e. The van der Waals surface area contributed by atoms with Crippen molar-refractivity contribution >= 4 is 17.7 Å². The molecule has 1 N–H and O–H groups in total. The molecule has 0 spiro atoms. The highest BCUT2D eigenvalue weighted by molar-refractivity contribution is 7.99. The Kier molecular flexibility index (Phi) is 7.62. The third-order valence-corrected chi connectivity index (χ3v) is 4.03. The van der Waals surface area contributed by atoms with Crippen molar-refractivity contribution in [2.45, 2.75) is 44.0 Å². The Morgan fingerprint density at radius 1 is 1.40 bits per heavy atom. The van der Waals surface area contributed by atoms with Gasteiger partial charge in [0.15, 0.2) is 0 Å². The van der Waals surface area contributed by atoms with Gasteiger partial charge in [-0.2, -0.15) is 0 Å². The van der Waals surface area contributed by atoms with Gasteiger partial charge in [0, 0.05) is 23.0 Å². The van der Waals surface area contributed by atoms with Crippen LogP contribution >= 0.6 is 11.8 Å². The molecule has 4 nitrogen and oxygen atoms in total. The maximum absolute atomic E-state index is 12.1. The third-order valence-electron chi connectivity index (χ3n) is 3.01. The van der Waals surface area contributed by atoms with Crippen LogP contribution in [0.4, 0.5) is 0 Å². The first kappa shape index (κ1) is 17.0. The molecule has 1 heterocycles. The maximum atomic E-state index is 12.1. The van der Waals surface area contributed by atoms with E-state index in [2.05, 4.69) is 17.2 Å². The number of rotatable bonds is 9. The molecule has 0 aliphatic carbocycles. The van der Waals surface area contributed by atoms with Gasteiger partial charge in [0.05, 0.1) is 6.61 Å². The number of nitrogens with one attached hydrogen (secondary N) is 1. The Morgan fingerprint density at radius 2 is 2.10 bits per heavy atom. The lowest BCUT2D eigenvalue weighted by Crippen LogP contribution is -2.51. The molecule has 0 aliphatic rings. The van der Waals surface area contributed by atoms with Crippen LogP contribution in [0.1, 0.15) is 33.6 Å². The third kappa shape index (κ3) is 5.51. The summed E-state index contributed by atoms with van der Waals surface area (Å²) in [6, 6.07) is 3.96. The first-order valence-corrected chi connectivity index (χ1v) is 8.06. The molecule has 0 bridgehead atoms. The maximum Gasteiger partial charge on any atom is 0.326 e. The first-order chi connectivity index (χ1) is 9.62. The van der Waals surface area contributed by atoms with Gasteiger partial charge in [-0.3, -0.25) is 9.78 Å². The predicted octanol–water partition coefficient (Wildman–Crippen LogP) is 2.89. The lowest BCUT2D eigenvalue weighted by molar-refractivity contribution is -0.150. The molecular weight excluding hydrogens is 272 g/mol. The molecule has 1 atom stereocenters. The molecule has 1 aromatic heterocycles. The molecule has 20 heavy (non-hydrogen) atoms. The Balaban J connectivity index is 2.53. The van der Waals surface area contributed by atoms with E-state index in [1.165, 1.54) is 4.90 Å². The lowest BCUT2D eigenvalue weighted by atomic mass is 9.99. The van der Waals surface area contributed by atoms with Crippen molar-refractivity contribution in [1.82, 2.24) is 10.3 Å². The van der Waals surface area contributed by atoms with Crippen molar-refractivity contribution < 1.29 is 9.53 Å². The Bertz CT molecular complexity index is 400. The van der Waals surface area contributed by atoms with Gasteiger partial charge >= 0.3 is 5.97 Å². The van der Waals surface area contributed by atoms with Crippen molar-refractivity contribution in [2.24, 2.45) is 0 Å². The molecule has 1 aromatic rings. The first-order valence-electron chi connectivity index (χ1n) is 7.07. The number of nitrogens with zero attached hydrogens (tertiary/aromatic N) is 1. The summed E-state index contributed by atoms with van der Waals surface area (Å²) < 4.78 is 5.19. The van der Waals surface area contributed by atoms with E-state index in [9.17, 15) is 4.79 Å². The highest BCUT2D eigenvalue weighted by atomic mass is 32.2. The van der Waals surface area contributed by atoms with E-state index in [0.717, 1.165) is 25.1 Å². The predicted molar refractivity (Wildman–Crippen MR) is 82.9 cm³/mol. The summed E-state index contributed by atoms with van der Waals surface area (Å²) in [6.45, 7) is 7.08. The summed E-state index contributed by atoms with van der Waals surface area (Å²) in [5.41, 5.74) is -0.605.